The van der Waals surface area contributed by atoms with E-state index in [0.29, 0.717) is 35.9 Å². The summed E-state index contributed by atoms with van der Waals surface area (Å²) >= 11 is 10.6. The number of rotatable bonds is 1. The Morgan fingerprint density at radius 2 is 1.85 bits per heavy atom. The van der Waals surface area contributed by atoms with Crippen molar-refractivity contribution in [1.29, 1.82) is 0 Å². The third kappa shape index (κ3) is 5.91. The smallest absolute Gasteiger partial charge is 0.352 e. The van der Waals surface area contributed by atoms with Gasteiger partial charge in [0.15, 0.2) is 0 Å². The predicted octanol–water partition coefficient (Wildman–Crippen LogP) is 8.62. The second kappa shape index (κ2) is 13.0. The van der Waals surface area contributed by atoms with Gasteiger partial charge in [0.05, 0.1) is 18.0 Å². The molecule has 8 bridgehead atoms. The lowest BCUT2D eigenvalue weighted by atomic mass is 9.97. The van der Waals surface area contributed by atoms with Gasteiger partial charge in [0, 0.05) is 88.3 Å². The van der Waals surface area contributed by atoms with Gasteiger partial charge in [-0.25, -0.2) is 4.79 Å². The van der Waals surface area contributed by atoms with Crippen molar-refractivity contribution in [2.75, 3.05) is 6.61 Å². The summed E-state index contributed by atoms with van der Waals surface area (Å²) < 4.78 is 12.2. The van der Waals surface area contributed by atoms with E-state index < -0.39 is 5.97 Å². The number of fused-ring (bicyclic) bond motifs is 8. The number of thioether (sulfide) groups is 2. The number of aromatic nitrogens is 5. The molecule has 0 fully saturated rings. The maximum absolute atomic E-state index is 12.8. The SMILES string of the molecule is Cc1c(C(=O)O)n2c3ccc(Cl)c(c13)-c1c(nn(C)c1C)CSCc1cc(n(C)n1)CSC1=Cc3ccccc3C(=CC1)OCCC2. The first-order valence-corrected chi connectivity index (χ1v) is 18.2. The molecule has 0 atom stereocenters. The molecule has 8 nitrogen and oxygen atoms in total. The summed E-state index contributed by atoms with van der Waals surface area (Å²) in [5, 5.41) is 21.6. The van der Waals surface area contributed by atoms with Crippen molar-refractivity contribution in [2.24, 2.45) is 14.1 Å². The number of ether oxygens (including phenoxy) is 1. The molecule has 1 aliphatic carbocycles. The first kappa shape index (κ1) is 31.7. The largest absolute Gasteiger partial charge is 0.493 e. The molecule has 0 unspecified atom stereocenters. The highest BCUT2D eigenvalue weighted by atomic mass is 35.5. The second-order valence-electron chi connectivity index (χ2n) is 12.0. The number of allylic oxidation sites excluding steroid dienone is 2. The van der Waals surface area contributed by atoms with E-state index >= 15 is 0 Å². The van der Waals surface area contributed by atoms with Crippen molar-refractivity contribution in [3.05, 3.63) is 104 Å². The van der Waals surface area contributed by atoms with E-state index in [1.807, 2.05) is 71.8 Å². The summed E-state index contributed by atoms with van der Waals surface area (Å²) in [6, 6.07) is 14.3. The number of carboxylic acid groups (broad SMARTS) is 1. The Bertz CT molecular complexity index is 2100. The molecule has 0 saturated carbocycles. The average molecular weight is 686 g/mol. The van der Waals surface area contributed by atoms with Gasteiger partial charge in [0.2, 0.25) is 0 Å². The Hall–Kier alpha value is -3.86. The van der Waals surface area contributed by atoms with Crippen molar-refractivity contribution in [3.8, 4) is 11.1 Å². The Morgan fingerprint density at radius 3 is 2.68 bits per heavy atom. The first-order chi connectivity index (χ1) is 22.7. The molecule has 0 amide bonds. The molecule has 47 heavy (non-hydrogen) atoms. The molecule has 2 aromatic carbocycles. The van der Waals surface area contributed by atoms with Gasteiger partial charge in [0.1, 0.15) is 11.5 Å². The number of aryl methyl sites for hydroxylation is 4. The monoisotopic (exact) mass is 685 g/mol. The Labute approximate surface area is 287 Å². The van der Waals surface area contributed by atoms with E-state index in [9.17, 15) is 9.90 Å². The van der Waals surface area contributed by atoms with E-state index in [1.54, 1.807) is 11.8 Å². The number of aromatic carboxylic acids is 1. The fraction of sp³-hybridized carbons (Fsp3) is 0.306. The molecule has 11 heteroatoms. The summed E-state index contributed by atoms with van der Waals surface area (Å²) in [6.45, 7) is 4.86. The topological polar surface area (TPSA) is 87.1 Å². The molecular formula is C36H36ClN5O3S2. The number of hydrogen-bond donors (Lipinski definition) is 1. The molecule has 2 aliphatic rings. The summed E-state index contributed by atoms with van der Waals surface area (Å²) in [6.07, 6.45) is 5.84. The minimum atomic E-state index is -0.961. The van der Waals surface area contributed by atoms with Crippen LogP contribution >= 0.6 is 35.1 Å². The van der Waals surface area contributed by atoms with Gasteiger partial charge in [0.25, 0.3) is 0 Å². The van der Waals surface area contributed by atoms with Gasteiger partial charge in [-0.05, 0) is 66.7 Å². The molecule has 1 aliphatic heterocycles. The third-order valence-corrected chi connectivity index (χ3v) is 11.4. The molecule has 5 aromatic rings. The van der Waals surface area contributed by atoms with Gasteiger partial charge in [-0.1, -0.05) is 35.9 Å². The average Bonchev–Trinajstić information content (AvgIpc) is 3.59. The van der Waals surface area contributed by atoms with Crippen molar-refractivity contribution in [3.63, 3.8) is 0 Å². The van der Waals surface area contributed by atoms with Crippen molar-refractivity contribution >= 4 is 63.8 Å². The van der Waals surface area contributed by atoms with Gasteiger partial charge in [-0.2, -0.15) is 10.2 Å². The minimum absolute atomic E-state index is 0.273. The Balaban J connectivity index is 1.34. The van der Waals surface area contributed by atoms with Crippen LogP contribution in [0, 0.1) is 13.8 Å². The molecule has 1 N–H and O–H groups in total. The summed E-state index contributed by atoms with van der Waals surface area (Å²) in [7, 11) is 3.95. The maximum Gasteiger partial charge on any atom is 0.352 e. The van der Waals surface area contributed by atoms with Gasteiger partial charge < -0.3 is 14.4 Å². The molecule has 242 valence electrons. The Morgan fingerprint density at radius 1 is 1.02 bits per heavy atom. The van der Waals surface area contributed by atoms with E-state index in [0.717, 1.165) is 73.9 Å². The van der Waals surface area contributed by atoms with Crippen molar-refractivity contribution in [1.82, 2.24) is 24.1 Å². The number of halogens is 1. The number of benzene rings is 2. The molecular weight excluding hydrogens is 650 g/mol. The van der Waals surface area contributed by atoms with E-state index in [-0.39, 0.29) is 5.69 Å². The van der Waals surface area contributed by atoms with E-state index in [1.165, 1.54) is 10.6 Å². The predicted molar refractivity (Wildman–Crippen MR) is 193 cm³/mol. The van der Waals surface area contributed by atoms with Crippen LogP contribution in [0.1, 0.15) is 62.8 Å². The highest BCUT2D eigenvalue weighted by Crippen LogP contribution is 2.43. The van der Waals surface area contributed by atoms with Crippen LogP contribution < -0.4 is 0 Å². The van der Waals surface area contributed by atoms with Crippen LogP contribution in [0.3, 0.4) is 0 Å². The fourth-order valence-electron chi connectivity index (χ4n) is 6.69. The quantitative estimate of drug-likeness (QED) is 0.189. The van der Waals surface area contributed by atoms with E-state index in [2.05, 4.69) is 36.4 Å². The zero-order valence-electron chi connectivity index (χ0n) is 26.8. The van der Waals surface area contributed by atoms with Gasteiger partial charge in [-0.3, -0.25) is 9.36 Å². The van der Waals surface area contributed by atoms with Crippen LogP contribution in [0.5, 0.6) is 0 Å². The number of nitrogens with zero attached hydrogens (tertiary/aromatic N) is 5. The zero-order chi connectivity index (χ0) is 32.8. The summed E-state index contributed by atoms with van der Waals surface area (Å²) in [5.74, 6) is 2.12. The first-order valence-electron chi connectivity index (χ1n) is 15.6. The number of carboxylic acids is 1. The molecule has 7 rings (SSSR count). The maximum atomic E-state index is 12.8. The van der Waals surface area contributed by atoms with Crippen LogP contribution in [-0.4, -0.2) is 41.8 Å². The lowest BCUT2D eigenvalue weighted by Gasteiger charge is -2.14. The van der Waals surface area contributed by atoms with Crippen LogP contribution in [0.2, 0.25) is 5.02 Å². The Kier molecular flexibility index (Phi) is 8.76. The van der Waals surface area contributed by atoms with Crippen LogP contribution in [0.4, 0.5) is 0 Å². The van der Waals surface area contributed by atoms with E-state index in [4.69, 9.17) is 26.5 Å². The van der Waals surface area contributed by atoms with Crippen molar-refractivity contribution < 1.29 is 14.6 Å². The standard InChI is InChI=1S/C36H36ClN5O3S2/c1-21-32-30-12-11-28(37)34(32)33-22(2)40(3)39-29(33)20-46-18-24-17-25(41(4)38-24)19-47-26-10-13-31(27-9-6-5-8-23(27)16-26)45-15-7-14-42(30)35(21)36(43)44/h5-6,8-9,11-13,16-17H,7,10,14-15,18-20H2,1-4H3,(H,43,44). The lowest BCUT2D eigenvalue weighted by molar-refractivity contribution is 0.0684. The van der Waals surface area contributed by atoms with Crippen LogP contribution in [0.15, 0.2) is 53.4 Å². The van der Waals surface area contributed by atoms with Crippen LogP contribution in [0.25, 0.3) is 33.9 Å². The second-order valence-corrected chi connectivity index (χ2v) is 14.5. The number of carbonyl (C=O) groups is 1. The van der Waals surface area contributed by atoms with Crippen molar-refractivity contribution in [2.45, 2.75) is 50.5 Å². The van der Waals surface area contributed by atoms with Crippen LogP contribution in [-0.2, 0) is 42.6 Å². The summed E-state index contributed by atoms with van der Waals surface area (Å²) in [4.78, 5) is 14.0. The molecule has 3 aromatic heterocycles. The fourth-order valence-corrected chi connectivity index (χ4v) is 8.80. The zero-order valence-corrected chi connectivity index (χ0v) is 29.2. The minimum Gasteiger partial charge on any atom is -0.493 e. The highest BCUT2D eigenvalue weighted by molar-refractivity contribution is 8.02. The lowest BCUT2D eigenvalue weighted by Crippen LogP contribution is -2.11. The van der Waals surface area contributed by atoms with Gasteiger partial charge in [-0.15, -0.1) is 23.5 Å². The molecule has 0 radical (unpaired) electrons. The highest BCUT2D eigenvalue weighted by Gasteiger charge is 2.27. The van der Waals surface area contributed by atoms with Gasteiger partial charge >= 0.3 is 5.97 Å². The molecule has 0 spiro atoms. The molecule has 4 heterocycles. The normalized spacial score (nSPS) is 15.6. The molecule has 0 saturated heterocycles. The third-order valence-electron chi connectivity index (χ3n) is 9.02. The summed E-state index contributed by atoms with van der Waals surface area (Å²) in [5.41, 5.74) is 9.91. The number of hydrogen-bond acceptors (Lipinski definition) is 6.